The van der Waals surface area contributed by atoms with Crippen LogP contribution in [-0.4, -0.2) is 6.54 Å². The molecule has 0 radical (unpaired) electrons. The van der Waals surface area contributed by atoms with Gasteiger partial charge in [0, 0.05) is 20.3 Å². The maximum atomic E-state index is 13.8. The summed E-state index contributed by atoms with van der Waals surface area (Å²) in [6.45, 7) is 2.80. The molecule has 0 bridgehead atoms. The molecule has 0 saturated carbocycles. The molecule has 0 aliphatic rings. The second-order valence-electron chi connectivity index (χ2n) is 4.85. The summed E-state index contributed by atoms with van der Waals surface area (Å²) in [4.78, 5) is 1.17. The SMILES string of the molecule is CCNC(Cc1cc(F)ccc1F)c1cc2sccc2s1. The van der Waals surface area contributed by atoms with Crippen molar-refractivity contribution in [2.24, 2.45) is 0 Å². The molecular weight excluding hydrogens is 308 g/mol. The van der Waals surface area contributed by atoms with Gasteiger partial charge in [-0.2, -0.15) is 0 Å². The van der Waals surface area contributed by atoms with Gasteiger partial charge in [-0.25, -0.2) is 8.78 Å². The van der Waals surface area contributed by atoms with E-state index >= 15 is 0 Å². The zero-order valence-corrected chi connectivity index (χ0v) is 13.2. The number of thiophene rings is 2. The molecule has 0 amide bonds. The normalized spacial score (nSPS) is 12.9. The van der Waals surface area contributed by atoms with Gasteiger partial charge in [0.15, 0.2) is 0 Å². The third-order valence-electron chi connectivity index (χ3n) is 3.38. The number of fused-ring (bicyclic) bond motifs is 1. The lowest BCUT2D eigenvalue weighted by Crippen LogP contribution is -2.22. The fourth-order valence-electron chi connectivity index (χ4n) is 2.40. The molecule has 0 spiro atoms. The van der Waals surface area contributed by atoms with Gasteiger partial charge >= 0.3 is 0 Å². The highest BCUT2D eigenvalue weighted by molar-refractivity contribution is 7.26. The van der Waals surface area contributed by atoms with Crippen LogP contribution >= 0.6 is 22.7 Å². The Bertz CT molecular complexity index is 719. The summed E-state index contributed by atoms with van der Waals surface area (Å²) in [6, 6.07) is 7.89. The Balaban J connectivity index is 1.90. The van der Waals surface area contributed by atoms with E-state index in [9.17, 15) is 8.78 Å². The van der Waals surface area contributed by atoms with E-state index in [2.05, 4.69) is 22.8 Å². The molecule has 0 saturated heterocycles. The summed E-state index contributed by atoms with van der Waals surface area (Å²) < 4.78 is 29.7. The highest BCUT2D eigenvalue weighted by Gasteiger charge is 2.17. The molecule has 3 rings (SSSR count). The standard InChI is InChI=1S/C16H15F2NS2/c1-2-19-13(8-10-7-11(17)3-4-12(10)18)15-9-16-14(21-15)5-6-20-16/h3-7,9,13,19H,2,8H2,1H3. The molecule has 0 fully saturated rings. The zero-order chi connectivity index (χ0) is 14.8. The van der Waals surface area contributed by atoms with E-state index in [1.54, 1.807) is 22.7 Å². The van der Waals surface area contributed by atoms with Crippen LogP contribution in [0.2, 0.25) is 0 Å². The highest BCUT2D eigenvalue weighted by Crippen LogP contribution is 2.34. The summed E-state index contributed by atoms with van der Waals surface area (Å²) in [7, 11) is 0. The van der Waals surface area contributed by atoms with Gasteiger partial charge in [-0.15, -0.1) is 22.7 Å². The van der Waals surface area contributed by atoms with Gasteiger partial charge in [-0.3, -0.25) is 0 Å². The van der Waals surface area contributed by atoms with Crippen molar-refractivity contribution in [2.45, 2.75) is 19.4 Å². The van der Waals surface area contributed by atoms with Crippen molar-refractivity contribution >= 4 is 32.1 Å². The van der Waals surface area contributed by atoms with Crippen LogP contribution in [0.15, 0.2) is 35.7 Å². The minimum absolute atomic E-state index is 0.0101. The van der Waals surface area contributed by atoms with Crippen LogP contribution in [0, 0.1) is 11.6 Å². The van der Waals surface area contributed by atoms with Gasteiger partial charge < -0.3 is 5.32 Å². The van der Waals surface area contributed by atoms with E-state index in [1.807, 2.05) is 6.92 Å². The second kappa shape index (κ2) is 6.22. The molecule has 0 aliphatic carbocycles. The average Bonchev–Trinajstić information content (AvgIpc) is 3.03. The summed E-state index contributed by atoms with van der Waals surface area (Å²) in [5, 5.41) is 5.44. The van der Waals surface area contributed by atoms with Crippen molar-refractivity contribution in [1.29, 1.82) is 0 Å². The minimum atomic E-state index is -0.395. The number of hydrogen-bond acceptors (Lipinski definition) is 3. The number of likely N-dealkylation sites (N-methyl/N-ethyl adjacent to an activating group) is 1. The van der Waals surface area contributed by atoms with Gasteiger partial charge in [0.05, 0.1) is 0 Å². The fourth-order valence-corrected chi connectivity index (χ4v) is 4.59. The first kappa shape index (κ1) is 14.6. The molecule has 21 heavy (non-hydrogen) atoms. The molecule has 1 atom stereocenters. The van der Waals surface area contributed by atoms with Gasteiger partial charge in [-0.1, -0.05) is 6.92 Å². The molecular formula is C16H15F2NS2. The van der Waals surface area contributed by atoms with Gasteiger partial charge in [0.25, 0.3) is 0 Å². The first-order valence-corrected chi connectivity index (χ1v) is 8.51. The number of rotatable bonds is 5. The van der Waals surface area contributed by atoms with Crippen LogP contribution in [0.1, 0.15) is 23.4 Å². The molecule has 110 valence electrons. The second-order valence-corrected chi connectivity index (χ2v) is 6.91. The summed E-state index contributed by atoms with van der Waals surface area (Å²) in [5.74, 6) is -0.744. The first-order valence-electron chi connectivity index (χ1n) is 6.81. The molecule has 1 nitrogen and oxygen atoms in total. The van der Waals surface area contributed by atoms with E-state index in [4.69, 9.17) is 0 Å². The van der Waals surface area contributed by atoms with E-state index in [0.29, 0.717) is 12.0 Å². The maximum absolute atomic E-state index is 13.8. The quantitative estimate of drug-likeness (QED) is 0.686. The van der Waals surface area contributed by atoms with Gasteiger partial charge in [0.1, 0.15) is 11.6 Å². The smallest absolute Gasteiger partial charge is 0.126 e. The Kier molecular flexibility index (Phi) is 4.33. The predicted molar refractivity (Wildman–Crippen MR) is 86.2 cm³/mol. The van der Waals surface area contributed by atoms with E-state index in [1.165, 1.54) is 26.4 Å². The largest absolute Gasteiger partial charge is 0.309 e. The molecule has 1 unspecified atom stereocenters. The number of nitrogens with one attached hydrogen (secondary N) is 1. The molecule has 2 aromatic heterocycles. The topological polar surface area (TPSA) is 12.0 Å². The van der Waals surface area contributed by atoms with Crippen molar-refractivity contribution in [1.82, 2.24) is 5.32 Å². The molecule has 2 heterocycles. The zero-order valence-electron chi connectivity index (χ0n) is 11.5. The Morgan fingerprint density at radius 2 is 2.00 bits per heavy atom. The van der Waals surface area contributed by atoms with E-state index in [-0.39, 0.29) is 11.9 Å². The van der Waals surface area contributed by atoms with Crippen molar-refractivity contribution in [3.63, 3.8) is 0 Å². The van der Waals surface area contributed by atoms with E-state index in [0.717, 1.165) is 12.6 Å². The van der Waals surface area contributed by atoms with Crippen LogP contribution in [0.3, 0.4) is 0 Å². The molecule has 5 heteroatoms. The lowest BCUT2D eigenvalue weighted by Gasteiger charge is -2.17. The van der Waals surface area contributed by atoms with Crippen molar-refractivity contribution in [3.8, 4) is 0 Å². The molecule has 3 aromatic rings. The van der Waals surface area contributed by atoms with Crippen LogP contribution in [-0.2, 0) is 6.42 Å². The van der Waals surface area contributed by atoms with Crippen LogP contribution in [0.5, 0.6) is 0 Å². The first-order chi connectivity index (χ1) is 10.2. The lowest BCUT2D eigenvalue weighted by atomic mass is 10.0. The molecule has 1 aromatic carbocycles. The summed E-state index contributed by atoms with van der Waals surface area (Å²) >= 11 is 3.42. The average molecular weight is 323 g/mol. The Hall–Kier alpha value is -1.30. The maximum Gasteiger partial charge on any atom is 0.126 e. The van der Waals surface area contributed by atoms with Crippen LogP contribution in [0.4, 0.5) is 8.78 Å². The number of halogens is 2. The summed E-state index contributed by atoms with van der Waals surface area (Å²) in [5.41, 5.74) is 0.415. The van der Waals surface area contributed by atoms with Gasteiger partial charge in [-0.05, 0) is 54.2 Å². The number of benzene rings is 1. The fraction of sp³-hybridized carbons (Fsp3) is 0.250. The predicted octanol–water partition coefficient (Wildman–Crippen LogP) is 5.13. The third kappa shape index (κ3) is 3.15. The minimum Gasteiger partial charge on any atom is -0.309 e. The van der Waals surface area contributed by atoms with Crippen molar-refractivity contribution in [3.05, 3.63) is 57.8 Å². The lowest BCUT2D eigenvalue weighted by molar-refractivity contribution is 0.527. The van der Waals surface area contributed by atoms with Crippen molar-refractivity contribution < 1.29 is 8.78 Å². The van der Waals surface area contributed by atoms with Crippen LogP contribution < -0.4 is 5.32 Å². The summed E-state index contributed by atoms with van der Waals surface area (Å²) in [6.07, 6.45) is 0.450. The molecule has 0 aliphatic heterocycles. The Morgan fingerprint density at radius 3 is 2.76 bits per heavy atom. The monoisotopic (exact) mass is 323 g/mol. The third-order valence-corrected chi connectivity index (χ3v) is 5.59. The van der Waals surface area contributed by atoms with E-state index < -0.39 is 5.82 Å². The Morgan fingerprint density at radius 1 is 1.14 bits per heavy atom. The molecule has 1 N–H and O–H groups in total. The van der Waals surface area contributed by atoms with Gasteiger partial charge in [0.2, 0.25) is 0 Å². The van der Waals surface area contributed by atoms with Crippen molar-refractivity contribution in [2.75, 3.05) is 6.54 Å². The Labute approximate surface area is 130 Å². The highest BCUT2D eigenvalue weighted by atomic mass is 32.1. The number of hydrogen-bond donors (Lipinski definition) is 1. The van der Waals surface area contributed by atoms with Crippen LogP contribution in [0.25, 0.3) is 9.40 Å².